The van der Waals surface area contributed by atoms with Gasteiger partial charge in [-0.3, -0.25) is 0 Å². The summed E-state index contributed by atoms with van der Waals surface area (Å²) in [7, 11) is 0. The van der Waals surface area contributed by atoms with Gasteiger partial charge in [-0.2, -0.15) is 0 Å². The van der Waals surface area contributed by atoms with Crippen molar-refractivity contribution in [1.29, 1.82) is 0 Å². The van der Waals surface area contributed by atoms with E-state index in [2.05, 4.69) is 104 Å². The standard InChI is InChI=1S/2C2H2I2.H2O/c2*1-2(3)4;/h2*1H2;1H2. The fraction of sp³-hybridized carbons (Fsp3) is 0. The Kier molecular flexibility index (Phi) is 25.2. The summed E-state index contributed by atoms with van der Waals surface area (Å²) in [4.78, 5) is 0. The van der Waals surface area contributed by atoms with Gasteiger partial charge in [0.1, 0.15) is 0 Å². The third-order valence-corrected chi connectivity index (χ3v) is 0. The van der Waals surface area contributed by atoms with Gasteiger partial charge in [0.25, 0.3) is 0 Å². The molecular weight excluding hydrogens is 572 g/mol. The van der Waals surface area contributed by atoms with Crippen molar-refractivity contribution >= 4 is 90.4 Å². The normalized spacial score (nSPS) is 5.78. The van der Waals surface area contributed by atoms with Crippen molar-refractivity contribution < 1.29 is 5.48 Å². The summed E-state index contributed by atoms with van der Waals surface area (Å²) in [6.07, 6.45) is 0. The van der Waals surface area contributed by atoms with Crippen LogP contribution in [0.2, 0.25) is 0 Å². The average Bonchev–Trinajstić information content (AvgIpc) is 1.25. The quantitative estimate of drug-likeness (QED) is 0.392. The van der Waals surface area contributed by atoms with Crippen LogP contribution in [0.15, 0.2) is 16.3 Å². The third-order valence-electron chi connectivity index (χ3n) is 0. The van der Waals surface area contributed by atoms with Gasteiger partial charge in [-0.15, -0.1) is 0 Å². The zero-order valence-electron chi connectivity index (χ0n) is 4.43. The highest BCUT2D eigenvalue weighted by Crippen LogP contribution is 2.09. The van der Waals surface area contributed by atoms with Gasteiger partial charge in [-0.1, -0.05) is 13.2 Å². The van der Waals surface area contributed by atoms with Crippen molar-refractivity contribution in [2.45, 2.75) is 0 Å². The maximum Gasteiger partial charge on any atom is 0.0442 e. The average molecular weight is 578 g/mol. The van der Waals surface area contributed by atoms with Gasteiger partial charge in [0, 0.05) is 3.17 Å². The summed E-state index contributed by atoms with van der Waals surface area (Å²) in [5.41, 5.74) is 0. The Bertz CT molecular complexity index is 70.6. The molecule has 0 saturated heterocycles. The van der Waals surface area contributed by atoms with E-state index < -0.39 is 0 Å². The van der Waals surface area contributed by atoms with E-state index in [1.807, 2.05) is 0 Å². The molecule has 9 heavy (non-hydrogen) atoms. The highest BCUT2D eigenvalue weighted by atomic mass is 127. The third kappa shape index (κ3) is 130. The molecule has 1 nitrogen and oxygen atoms in total. The Morgan fingerprint density at radius 2 is 0.778 bits per heavy atom. The van der Waals surface area contributed by atoms with Gasteiger partial charge >= 0.3 is 0 Å². The monoisotopic (exact) mass is 578 g/mol. The summed E-state index contributed by atoms with van der Waals surface area (Å²) >= 11 is 8.54. The minimum Gasteiger partial charge on any atom is -0.412 e. The van der Waals surface area contributed by atoms with Crippen LogP contribution in [0, 0.1) is 0 Å². The first-order chi connectivity index (χ1) is 3.46. The van der Waals surface area contributed by atoms with Gasteiger partial charge < -0.3 is 5.48 Å². The Morgan fingerprint density at radius 3 is 0.778 bits per heavy atom. The summed E-state index contributed by atoms with van der Waals surface area (Å²) in [5, 5.41) is 0. The molecule has 5 heteroatoms. The van der Waals surface area contributed by atoms with Crippen LogP contribution in [0.25, 0.3) is 0 Å². The molecule has 0 heterocycles. The minimum atomic E-state index is 0. The van der Waals surface area contributed by atoms with E-state index in [4.69, 9.17) is 0 Å². The van der Waals surface area contributed by atoms with E-state index in [1.165, 1.54) is 0 Å². The van der Waals surface area contributed by atoms with E-state index >= 15 is 0 Å². The lowest BCUT2D eigenvalue weighted by molar-refractivity contribution is 0.824. The van der Waals surface area contributed by atoms with E-state index in [-0.39, 0.29) is 5.48 Å². The second-order valence-electron chi connectivity index (χ2n) is 0.677. The van der Waals surface area contributed by atoms with Crippen LogP contribution < -0.4 is 0 Å². The van der Waals surface area contributed by atoms with Crippen molar-refractivity contribution in [3.63, 3.8) is 0 Å². The molecule has 0 rings (SSSR count). The zero-order chi connectivity index (χ0) is 7.15. The zero-order valence-corrected chi connectivity index (χ0v) is 13.1. The largest absolute Gasteiger partial charge is 0.412 e. The van der Waals surface area contributed by atoms with Crippen molar-refractivity contribution in [3.05, 3.63) is 16.3 Å². The fourth-order valence-electron chi connectivity index (χ4n) is 0. The highest BCUT2D eigenvalue weighted by molar-refractivity contribution is 14.2. The van der Waals surface area contributed by atoms with E-state index in [1.54, 1.807) is 0 Å². The smallest absolute Gasteiger partial charge is 0.0442 e. The van der Waals surface area contributed by atoms with Crippen molar-refractivity contribution in [2.24, 2.45) is 0 Å². The SMILES string of the molecule is C=C(I)I.C=C(I)I.O. The van der Waals surface area contributed by atoms with Crippen LogP contribution in [0.1, 0.15) is 0 Å². The molecule has 0 spiro atoms. The lowest BCUT2D eigenvalue weighted by Gasteiger charge is -1.58. The molecule has 0 aromatic carbocycles. The van der Waals surface area contributed by atoms with E-state index in [9.17, 15) is 0 Å². The molecule has 0 radical (unpaired) electrons. The summed E-state index contributed by atoms with van der Waals surface area (Å²) in [6.45, 7) is 7.06. The molecule has 0 amide bonds. The Morgan fingerprint density at radius 1 is 0.778 bits per heavy atom. The maximum atomic E-state index is 3.53. The number of hydrogen-bond donors (Lipinski definition) is 0. The molecule has 0 atom stereocenters. The Hall–Kier alpha value is 2.36. The second kappa shape index (κ2) is 13.0. The van der Waals surface area contributed by atoms with Gasteiger partial charge in [-0.25, -0.2) is 0 Å². The first-order valence-corrected chi connectivity index (χ1v) is 5.78. The molecule has 56 valence electrons. The molecule has 0 saturated carbocycles. The first-order valence-electron chi connectivity index (χ1n) is 1.46. The molecule has 0 fully saturated rings. The number of hydrogen-bond acceptors (Lipinski definition) is 0. The fourth-order valence-corrected chi connectivity index (χ4v) is 0. The first kappa shape index (κ1) is 17.4. The summed E-state index contributed by atoms with van der Waals surface area (Å²) in [5.74, 6) is 0. The molecule has 0 aliphatic heterocycles. The lowest BCUT2D eigenvalue weighted by atomic mass is 11.3. The summed E-state index contributed by atoms with van der Waals surface area (Å²) in [6, 6.07) is 0. The van der Waals surface area contributed by atoms with Crippen LogP contribution in [0.4, 0.5) is 0 Å². The van der Waals surface area contributed by atoms with Crippen LogP contribution in [0.3, 0.4) is 0 Å². The molecule has 0 aromatic heterocycles. The summed E-state index contributed by atoms with van der Waals surface area (Å²) < 4.78 is 2.21. The Labute approximate surface area is 110 Å². The highest BCUT2D eigenvalue weighted by Gasteiger charge is 1.59. The molecule has 2 N–H and O–H groups in total. The van der Waals surface area contributed by atoms with Crippen molar-refractivity contribution in [2.75, 3.05) is 0 Å². The van der Waals surface area contributed by atoms with Crippen molar-refractivity contribution in [1.82, 2.24) is 0 Å². The maximum absolute atomic E-state index is 3.53. The molecule has 0 aliphatic rings. The number of halogens is 4. The topological polar surface area (TPSA) is 31.5 Å². The predicted octanol–water partition coefficient (Wildman–Crippen LogP) is 3.83. The van der Waals surface area contributed by atoms with Gasteiger partial charge in [0.15, 0.2) is 0 Å². The second-order valence-corrected chi connectivity index (χ2v) is 10.0. The molecule has 0 aliphatic carbocycles. The molecule has 0 aromatic rings. The van der Waals surface area contributed by atoms with Crippen LogP contribution in [0.5, 0.6) is 0 Å². The van der Waals surface area contributed by atoms with Gasteiger partial charge in [0.2, 0.25) is 0 Å². The van der Waals surface area contributed by atoms with Gasteiger partial charge in [-0.05, 0) is 90.4 Å². The van der Waals surface area contributed by atoms with E-state index in [0.29, 0.717) is 0 Å². The molecule has 0 bridgehead atoms. The van der Waals surface area contributed by atoms with Gasteiger partial charge in [0.05, 0.1) is 0 Å². The van der Waals surface area contributed by atoms with Crippen LogP contribution in [-0.2, 0) is 0 Å². The molecular formula is C4H6I4O. The van der Waals surface area contributed by atoms with Crippen LogP contribution in [-0.4, -0.2) is 5.48 Å². The minimum absolute atomic E-state index is 0. The van der Waals surface area contributed by atoms with Crippen molar-refractivity contribution in [3.8, 4) is 0 Å². The van der Waals surface area contributed by atoms with Crippen LogP contribution >= 0.6 is 90.4 Å². The van der Waals surface area contributed by atoms with E-state index in [0.717, 1.165) is 3.17 Å². The lowest BCUT2D eigenvalue weighted by Crippen LogP contribution is -1.18. The molecule has 0 unspecified atom stereocenters. The number of rotatable bonds is 0. The predicted molar refractivity (Wildman–Crippen MR) is 78.0 cm³/mol. The Balaban J connectivity index is -0.0000000720.